The minimum absolute atomic E-state index is 0.0652. The third-order valence-electron chi connectivity index (χ3n) is 3.13. The molecule has 0 aliphatic heterocycles. The lowest BCUT2D eigenvalue weighted by Crippen LogP contribution is -2.34. The third-order valence-corrected chi connectivity index (χ3v) is 3.13. The molecule has 0 bridgehead atoms. The maximum atomic E-state index is 11.2. The van der Waals surface area contributed by atoms with Crippen molar-refractivity contribution in [3.05, 3.63) is 0 Å². The van der Waals surface area contributed by atoms with Crippen LogP contribution in [0.3, 0.4) is 0 Å². The predicted molar refractivity (Wildman–Crippen MR) is 60.7 cm³/mol. The lowest BCUT2D eigenvalue weighted by atomic mass is 9.85. The largest absolute Gasteiger partial charge is 0.466 e. The second kappa shape index (κ2) is 6.83. The van der Waals surface area contributed by atoms with E-state index in [1.165, 1.54) is 19.3 Å². The van der Waals surface area contributed by atoms with Crippen LogP contribution >= 0.6 is 0 Å². The molecular weight excluding hydrogens is 190 g/mol. The fraction of sp³-hybridized carbons (Fsp3) is 0.917. The minimum Gasteiger partial charge on any atom is -0.466 e. The molecule has 3 nitrogen and oxygen atoms in total. The Morgan fingerprint density at radius 1 is 1.40 bits per heavy atom. The van der Waals surface area contributed by atoms with E-state index in [-0.39, 0.29) is 5.97 Å². The molecule has 0 N–H and O–H groups in total. The van der Waals surface area contributed by atoms with E-state index >= 15 is 0 Å². The Morgan fingerprint density at radius 2 is 2.13 bits per heavy atom. The molecule has 1 fully saturated rings. The number of rotatable bonds is 7. The van der Waals surface area contributed by atoms with Gasteiger partial charge in [-0.05, 0) is 32.2 Å². The normalized spacial score (nSPS) is 16.5. The quantitative estimate of drug-likeness (QED) is 0.606. The van der Waals surface area contributed by atoms with E-state index in [9.17, 15) is 4.79 Å². The van der Waals surface area contributed by atoms with Gasteiger partial charge in [0, 0.05) is 13.1 Å². The van der Waals surface area contributed by atoms with Gasteiger partial charge in [0.1, 0.15) is 0 Å². The number of ether oxygens (including phenoxy) is 1. The van der Waals surface area contributed by atoms with Gasteiger partial charge >= 0.3 is 5.97 Å². The second-order valence-electron chi connectivity index (χ2n) is 4.25. The summed E-state index contributed by atoms with van der Waals surface area (Å²) in [6.45, 7) is 7.55. The number of carbonyl (C=O) groups excluding carboxylic acids is 1. The summed E-state index contributed by atoms with van der Waals surface area (Å²) in [6.07, 6.45) is 4.67. The van der Waals surface area contributed by atoms with Crippen LogP contribution in [0.4, 0.5) is 0 Å². The Labute approximate surface area is 92.8 Å². The number of esters is 1. The molecular formula is C12H23NO2. The van der Waals surface area contributed by atoms with Crippen LogP contribution in [-0.4, -0.2) is 37.1 Å². The zero-order valence-electron chi connectivity index (χ0n) is 10.00. The van der Waals surface area contributed by atoms with Crippen molar-refractivity contribution >= 4 is 5.97 Å². The van der Waals surface area contributed by atoms with Gasteiger partial charge in [0.2, 0.25) is 0 Å². The van der Waals surface area contributed by atoms with Crippen molar-refractivity contribution in [3.63, 3.8) is 0 Å². The molecule has 1 rings (SSSR count). The van der Waals surface area contributed by atoms with Crippen LogP contribution in [0.2, 0.25) is 0 Å². The highest BCUT2D eigenvalue weighted by Gasteiger charge is 2.20. The SMILES string of the molecule is CCOC(=O)CCN(CC)CC1CCC1. The zero-order chi connectivity index (χ0) is 11.1. The Morgan fingerprint density at radius 3 is 2.60 bits per heavy atom. The highest BCUT2D eigenvalue weighted by atomic mass is 16.5. The lowest BCUT2D eigenvalue weighted by molar-refractivity contribution is -0.143. The molecule has 0 aromatic rings. The number of carbonyl (C=O) groups is 1. The van der Waals surface area contributed by atoms with E-state index < -0.39 is 0 Å². The van der Waals surface area contributed by atoms with Crippen LogP contribution < -0.4 is 0 Å². The van der Waals surface area contributed by atoms with Crippen LogP contribution in [0.5, 0.6) is 0 Å². The average molecular weight is 213 g/mol. The van der Waals surface area contributed by atoms with E-state index in [2.05, 4.69) is 11.8 Å². The minimum atomic E-state index is -0.0652. The van der Waals surface area contributed by atoms with Crippen molar-refractivity contribution in [2.24, 2.45) is 5.92 Å². The molecule has 15 heavy (non-hydrogen) atoms. The number of hydrogen-bond acceptors (Lipinski definition) is 3. The fourth-order valence-electron chi connectivity index (χ4n) is 1.90. The van der Waals surface area contributed by atoms with Crippen molar-refractivity contribution in [1.82, 2.24) is 4.90 Å². The fourth-order valence-corrected chi connectivity index (χ4v) is 1.90. The van der Waals surface area contributed by atoms with Gasteiger partial charge < -0.3 is 9.64 Å². The topological polar surface area (TPSA) is 29.5 Å². The molecule has 88 valence electrons. The first-order valence-electron chi connectivity index (χ1n) is 6.14. The summed E-state index contributed by atoms with van der Waals surface area (Å²) in [6, 6.07) is 0. The van der Waals surface area contributed by atoms with Crippen LogP contribution in [0.15, 0.2) is 0 Å². The Kier molecular flexibility index (Phi) is 5.69. The summed E-state index contributed by atoms with van der Waals surface area (Å²) in [5, 5.41) is 0. The Hall–Kier alpha value is -0.570. The Balaban J connectivity index is 2.12. The highest BCUT2D eigenvalue weighted by molar-refractivity contribution is 5.69. The van der Waals surface area contributed by atoms with Gasteiger partial charge in [0.15, 0.2) is 0 Å². The molecule has 1 aliphatic rings. The second-order valence-corrected chi connectivity index (χ2v) is 4.25. The molecule has 0 amide bonds. The van der Waals surface area contributed by atoms with Gasteiger partial charge in [-0.25, -0.2) is 0 Å². The predicted octanol–water partition coefficient (Wildman–Crippen LogP) is 2.06. The van der Waals surface area contributed by atoms with Crippen molar-refractivity contribution < 1.29 is 9.53 Å². The van der Waals surface area contributed by atoms with E-state index in [0.717, 1.165) is 25.6 Å². The zero-order valence-corrected chi connectivity index (χ0v) is 10.00. The number of nitrogens with zero attached hydrogens (tertiary/aromatic N) is 1. The molecule has 0 atom stereocenters. The molecule has 0 unspecified atom stereocenters. The molecule has 0 aromatic heterocycles. The van der Waals surface area contributed by atoms with Gasteiger partial charge in [-0.1, -0.05) is 13.3 Å². The van der Waals surface area contributed by atoms with Crippen LogP contribution in [-0.2, 0) is 9.53 Å². The summed E-state index contributed by atoms with van der Waals surface area (Å²) in [7, 11) is 0. The van der Waals surface area contributed by atoms with Gasteiger partial charge in [-0.2, -0.15) is 0 Å². The smallest absolute Gasteiger partial charge is 0.307 e. The van der Waals surface area contributed by atoms with E-state index in [0.29, 0.717) is 13.0 Å². The van der Waals surface area contributed by atoms with Crippen LogP contribution in [0.1, 0.15) is 39.5 Å². The van der Waals surface area contributed by atoms with Gasteiger partial charge in [-0.15, -0.1) is 0 Å². The van der Waals surface area contributed by atoms with E-state index in [1.54, 1.807) is 0 Å². The summed E-state index contributed by atoms with van der Waals surface area (Å²) in [5.74, 6) is 0.816. The van der Waals surface area contributed by atoms with E-state index in [1.807, 2.05) is 6.92 Å². The highest BCUT2D eigenvalue weighted by Crippen LogP contribution is 2.26. The average Bonchev–Trinajstić information content (AvgIpc) is 2.16. The standard InChI is InChI=1S/C12H23NO2/c1-3-13(10-11-6-5-7-11)9-8-12(14)15-4-2/h11H,3-10H2,1-2H3. The van der Waals surface area contributed by atoms with Gasteiger partial charge in [0.25, 0.3) is 0 Å². The summed E-state index contributed by atoms with van der Waals surface area (Å²) in [5.41, 5.74) is 0. The van der Waals surface area contributed by atoms with Crippen LogP contribution in [0, 0.1) is 5.92 Å². The lowest BCUT2D eigenvalue weighted by Gasteiger charge is -2.31. The summed E-state index contributed by atoms with van der Waals surface area (Å²) < 4.78 is 4.92. The summed E-state index contributed by atoms with van der Waals surface area (Å²) >= 11 is 0. The molecule has 0 spiro atoms. The molecule has 3 heteroatoms. The van der Waals surface area contributed by atoms with Crippen molar-refractivity contribution in [2.75, 3.05) is 26.2 Å². The van der Waals surface area contributed by atoms with Gasteiger partial charge in [-0.3, -0.25) is 4.79 Å². The van der Waals surface area contributed by atoms with Gasteiger partial charge in [0.05, 0.1) is 13.0 Å². The van der Waals surface area contributed by atoms with E-state index in [4.69, 9.17) is 4.74 Å². The Bertz CT molecular complexity index is 190. The molecule has 0 heterocycles. The molecule has 0 saturated heterocycles. The van der Waals surface area contributed by atoms with Crippen molar-refractivity contribution in [2.45, 2.75) is 39.5 Å². The molecule has 0 radical (unpaired) electrons. The maximum absolute atomic E-state index is 11.2. The van der Waals surface area contributed by atoms with Crippen molar-refractivity contribution in [3.8, 4) is 0 Å². The monoisotopic (exact) mass is 213 g/mol. The first-order valence-corrected chi connectivity index (χ1v) is 6.14. The summed E-state index contributed by atoms with van der Waals surface area (Å²) in [4.78, 5) is 13.5. The first-order chi connectivity index (χ1) is 7.26. The third kappa shape index (κ3) is 4.65. The molecule has 1 aliphatic carbocycles. The number of hydrogen-bond donors (Lipinski definition) is 0. The van der Waals surface area contributed by atoms with Crippen molar-refractivity contribution in [1.29, 1.82) is 0 Å². The van der Waals surface area contributed by atoms with Crippen LogP contribution in [0.25, 0.3) is 0 Å². The molecule has 0 aromatic carbocycles. The first kappa shape index (κ1) is 12.5. The molecule has 1 saturated carbocycles. The maximum Gasteiger partial charge on any atom is 0.307 e.